The Morgan fingerprint density at radius 2 is 1.70 bits per heavy atom. The van der Waals surface area contributed by atoms with E-state index in [2.05, 4.69) is 87.6 Å². The SMILES string of the molecule is Brc1ccc(OCc2cccc3ccccc23)c(C=Nc2ccc(N3CCOCC3)cc2)c1. The predicted octanol–water partition coefficient (Wildman–Crippen LogP) is 6.77. The summed E-state index contributed by atoms with van der Waals surface area (Å²) in [5.74, 6) is 0.805. The van der Waals surface area contributed by atoms with Gasteiger partial charge in [0.1, 0.15) is 12.4 Å². The van der Waals surface area contributed by atoms with Crippen LogP contribution < -0.4 is 9.64 Å². The largest absolute Gasteiger partial charge is 0.488 e. The van der Waals surface area contributed by atoms with Gasteiger partial charge in [0, 0.05) is 35.0 Å². The molecule has 0 unspecified atom stereocenters. The second-order valence-electron chi connectivity index (χ2n) is 7.98. The number of rotatable bonds is 6. The first-order chi connectivity index (χ1) is 16.3. The van der Waals surface area contributed by atoms with Gasteiger partial charge in [-0.15, -0.1) is 0 Å². The highest BCUT2D eigenvalue weighted by molar-refractivity contribution is 9.10. The number of anilines is 1. The Hall–Kier alpha value is -3.15. The highest BCUT2D eigenvalue weighted by Crippen LogP contribution is 2.26. The second kappa shape index (κ2) is 10.2. The van der Waals surface area contributed by atoms with E-state index in [1.54, 1.807) is 0 Å². The molecular weight excluding hydrogens is 476 g/mol. The van der Waals surface area contributed by atoms with Gasteiger partial charge in [-0.05, 0) is 58.8 Å². The number of halogens is 1. The zero-order valence-electron chi connectivity index (χ0n) is 18.3. The van der Waals surface area contributed by atoms with Crippen molar-refractivity contribution in [2.75, 3.05) is 31.2 Å². The van der Waals surface area contributed by atoms with E-state index in [4.69, 9.17) is 14.5 Å². The molecule has 0 aromatic heterocycles. The van der Waals surface area contributed by atoms with Crippen molar-refractivity contribution < 1.29 is 9.47 Å². The van der Waals surface area contributed by atoms with Crippen molar-refractivity contribution >= 4 is 44.3 Å². The van der Waals surface area contributed by atoms with Crippen LogP contribution in [0.4, 0.5) is 11.4 Å². The maximum absolute atomic E-state index is 6.24. The molecule has 4 nitrogen and oxygen atoms in total. The Morgan fingerprint density at radius 3 is 2.55 bits per heavy atom. The van der Waals surface area contributed by atoms with Gasteiger partial charge in [-0.3, -0.25) is 4.99 Å². The standard InChI is InChI=1S/C28H25BrN2O2/c29-24-8-13-28(33-20-22-6-3-5-21-4-1-2-7-27(21)22)23(18-24)19-30-25-9-11-26(12-10-25)31-14-16-32-17-15-31/h1-13,18-19H,14-17,20H2. The third kappa shape index (κ3) is 5.27. The smallest absolute Gasteiger partial charge is 0.128 e. The van der Waals surface area contributed by atoms with Crippen LogP contribution in [0.15, 0.2) is 94.4 Å². The summed E-state index contributed by atoms with van der Waals surface area (Å²) < 4.78 is 12.7. The van der Waals surface area contributed by atoms with Crippen molar-refractivity contribution in [2.45, 2.75) is 6.61 Å². The third-order valence-corrected chi connectivity index (χ3v) is 6.31. The molecule has 166 valence electrons. The molecule has 4 aromatic carbocycles. The highest BCUT2D eigenvalue weighted by atomic mass is 79.9. The van der Waals surface area contributed by atoms with Crippen molar-refractivity contribution in [1.82, 2.24) is 0 Å². The minimum atomic E-state index is 0.498. The molecular formula is C28H25BrN2O2. The van der Waals surface area contributed by atoms with Crippen LogP contribution in [0.5, 0.6) is 5.75 Å². The van der Waals surface area contributed by atoms with E-state index in [0.717, 1.165) is 53.3 Å². The molecule has 1 fully saturated rings. The molecule has 0 atom stereocenters. The number of ether oxygens (including phenoxy) is 2. The molecule has 1 heterocycles. The van der Waals surface area contributed by atoms with Crippen LogP contribution in [-0.4, -0.2) is 32.5 Å². The summed E-state index contributed by atoms with van der Waals surface area (Å²) in [6.07, 6.45) is 1.87. The van der Waals surface area contributed by atoms with E-state index < -0.39 is 0 Å². The lowest BCUT2D eigenvalue weighted by Gasteiger charge is -2.28. The lowest BCUT2D eigenvalue weighted by molar-refractivity contribution is 0.122. The van der Waals surface area contributed by atoms with Crippen molar-refractivity contribution in [1.29, 1.82) is 0 Å². The summed E-state index contributed by atoms with van der Waals surface area (Å²) in [6, 6.07) is 29.1. The number of hydrogen-bond donors (Lipinski definition) is 0. The quantitative estimate of drug-likeness (QED) is 0.274. The number of hydrogen-bond acceptors (Lipinski definition) is 4. The van der Waals surface area contributed by atoms with Gasteiger partial charge in [0.25, 0.3) is 0 Å². The fraction of sp³-hybridized carbons (Fsp3) is 0.179. The lowest BCUT2D eigenvalue weighted by atomic mass is 10.1. The highest BCUT2D eigenvalue weighted by Gasteiger charge is 2.11. The van der Waals surface area contributed by atoms with Gasteiger partial charge in [-0.25, -0.2) is 0 Å². The zero-order chi connectivity index (χ0) is 22.5. The van der Waals surface area contributed by atoms with Crippen molar-refractivity contribution in [3.05, 3.63) is 101 Å². The van der Waals surface area contributed by atoms with E-state index >= 15 is 0 Å². The van der Waals surface area contributed by atoms with Gasteiger partial charge in [0.05, 0.1) is 18.9 Å². The number of fused-ring (bicyclic) bond motifs is 1. The molecule has 0 saturated carbocycles. The average molecular weight is 501 g/mol. The number of aliphatic imine (C=N–C) groups is 1. The molecule has 0 spiro atoms. The summed E-state index contributed by atoms with van der Waals surface area (Å²) >= 11 is 3.57. The van der Waals surface area contributed by atoms with Crippen LogP contribution in [0, 0.1) is 0 Å². The van der Waals surface area contributed by atoms with Gasteiger partial charge in [0.2, 0.25) is 0 Å². The van der Waals surface area contributed by atoms with Crippen LogP contribution in [0.1, 0.15) is 11.1 Å². The van der Waals surface area contributed by atoms with Crippen molar-refractivity contribution in [3.63, 3.8) is 0 Å². The minimum absolute atomic E-state index is 0.498. The first kappa shape index (κ1) is 21.7. The van der Waals surface area contributed by atoms with Gasteiger partial charge >= 0.3 is 0 Å². The van der Waals surface area contributed by atoms with Gasteiger partial charge in [-0.1, -0.05) is 58.4 Å². The molecule has 5 rings (SSSR count). The number of benzene rings is 4. The van der Waals surface area contributed by atoms with Gasteiger partial charge in [-0.2, -0.15) is 0 Å². The average Bonchev–Trinajstić information content (AvgIpc) is 2.88. The van der Waals surface area contributed by atoms with Crippen LogP contribution in [0.25, 0.3) is 10.8 Å². The van der Waals surface area contributed by atoms with E-state index in [-0.39, 0.29) is 0 Å². The Kier molecular flexibility index (Phi) is 6.70. The molecule has 1 aliphatic heterocycles. The van der Waals surface area contributed by atoms with Crippen molar-refractivity contribution in [3.8, 4) is 5.75 Å². The first-order valence-electron chi connectivity index (χ1n) is 11.1. The fourth-order valence-electron chi connectivity index (χ4n) is 4.04. The minimum Gasteiger partial charge on any atom is -0.488 e. The van der Waals surface area contributed by atoms with E-state index in [1.807, 2.05) is 24.4 Å². The van der Waals surface area contributed by atoms with Crippen LogP contribution in [0.2, 0.25) is 0 Å². The third-order valence-electron chi connectivity index (χ3n) is 5.81. The summed E-state index contributed by atoms with van der Waals surface area (Å²) in [4.78, 5) is 7.04. The molecule has 0 bridgehead atoms. The zero-order valence-corrected chi connectivity index (χ0v) is 19.9. The summed E-state index contributed by atoms with van der Waals surface area (Å²) in [5, 5.41) is 2.43. The Balaban J connectivity index is 1.32. The maximum atomic E-state index is 6.24. The lowest BCUT2D eigenvalue weighted by Crippen LogP contribution is -2.36. The van der Waals surface area contributed by atoms with Crippen LogP contribution in [0.3, 0.4) is 0 Å². The summed E-state index contributed by atoms with van der Waals surface area (Å²) in [7, 11) is 0. The normalized spacial score (nSPS) is 14.2. The topological polar surface area (TPSA) is 34.1 Å². The van der Waals surface area contributed by atoms with Crippen LogP contribution >= 0.6 is 15.9 Å². The van der Waals surface area contributed by atoms with Crippen molar-refractivity contribution in [2.24, 2.45) is 4.99 Å². The molecule has 0 aliphatic carbocycles. The molecule has 1 aliphatic rings. The Morgan fingerprint density at radius 1 is 0.909 bits per heavy atom. The van der Waals surface area contributed by atoms with E-state index in [9.17, 15) is 0 Å². The van der Waals surface area contributed by atoms with E-state index in [0.29, 0.717) is 6.61 Å². The fourth-order valence-corrected chi connectivity index (χ4v) is 4.42. The van der Waals surface area contributed by atoms with E-state index in [1.165, 1.54) is 16.5 Å². The summed E-state index contributed by atoms with van der Waals surface area (Å²) in [6.45, 7) is 3.92. The first-order valence-corrected chi connectivity index (χ1v) is 11.9. The number of morpholine rings is 1. The monoisotopic (exact) mass is 500 g/mol. The number of nitrogens with zero attached hydrogens (tertiary/aromatic N) is 2. The molecule has 0 radical (unpaired) electrons. The summed E-state index contributed by atoms with van der Waals surface area (Å²) in [5.41, 5.74) is 4.21. The van der Waals surface area contributed by atoms with Crippen LogP contribution in [-0.2, 0) is 11.3 Å². The molecule has 1 saturated heterocycles. The van der Waals surface area contributed by atoms with Gasteiger partial charge in [0.15, 0.2) is 0 Å². The molecule has 4 aromatic rings. The Labute approximate surface area is 202 Å². The predicted molar refractivity (Wildman–Crippen MR) is 139 cm³/mol. The maximum Gasteiger partial charge on any atom is 0.128 e. The Bertz CT molecular complexity index is 1260. The molecule has 5 heteroatoms. The van der Waals surface area contributed by atoms with Gasteiger partial charge < -0.3 is 14.4 Å². The molecule has 33 heavy (non-hydrogen) atoms. The molecule has 0 amide bonds. The second-order valence-corrected chi connectivity index (χ2v) is 8.90. The molecule has 0 N–H and O–H groups in total.